The van der Waals surface area contributed by atoms with Crippen LogP contribution in [0.1, 0.15) is 30.4 Å². The molecule has 10 atom stereocenters. The molecular weight excluding hydrogens is 589 g/mol. The van der Waals surface area contributed by atoms with Crippen molar-refractivity contribution in [1.82, 2.24) is 0 Å². The molecule has 48 heavy (non-hydrogen) atoms. The van der Waals surface area contributed by atoms with E-state index in [9.17, 15) is 0 Å². The smallest absolute Gasteiger partial charge is 0.173 e. The minimum atomic E-state index is 0.130. The lowest BCUT2D eigenvalue weighted by Crippen LogP contribution is -2.53. The van der Waals surface area contributed by atoms with E-state index >= 15 is 0 Å². The highest BCUT2D eigenvalue weighted by Crippen LogP contribution is 2.93. The molecule has 4 aromatic heterocycles. The van der Waals surface area contributed by atoms with E-state index in [1.807, 2.05) is 0 Å². The van der Waals surface area contributed by atoms with Crippen LogP contribution in [0.2, 0.25) is 0 Å². The van der Waals surface area contributed by atoms with Crippen LogP contribution < -0.4 is 18.3 Å². The predicted octanol–water partition coefficient (Wildman–Crippen LogP) is 4.96. The molecule has 0 amide bonds. The molecule has 5 aromatic rings. The number of hydrogen-bond donors (Lipinski definition) is 0. The third-order valence-electron chi connectivity index (χ3n) is 14.6. The number of nitrogens with zero attached hydrogens (tertiary/aromatic N) is 4. The number of pyridine rings is 4. The second-order valence-corrected chi connectivity index (χ2v) is 16.3. The molecular formula is C43H42N4O+4. The Hall–Kier alpha value is -4.22. The van der Waals surface area contributed by atoms with Crippen molar-refractivity contribution in [1.29, 1.82) is 0 Å². The molecule has 1 aromatic carbocycles. The van der Waals surface area contributed by atoms with E-state index in [4.69, 9.17) is 4.74 Å². The van der Waals surface area contributed by atoms with Gasteiger partial charge in [-0.05, 0) is 76.0 Å². The fraction of sp³-hybridized carbons (Fsp3) is 0.395. The van der Waals surface area contributed by atoms with Crippen molar-refractivity contribution < 1.29 is 23.0 Å². The van der Waals surface area contributed by atoms with Crippen LogP contribution in [-0.2, 0) is 30.9 Å². The topological polar surface area (TPSA) is 24.8 Å². The summed E-state index contributed by atoms with van der Waals surface area (Å²) in [5, 5.41) is 0. The van der Waals surface area contributed by atoms with Gasteiger partial charge in [0.25, 0.3) is 0 Å². The van der Waals surface area contributed by atoms with Crippen molar-refractivity contribution in [2.75, 3.05) is 0 Å². The van der Waals surface area contributed by atoms with Gasteiger partial charge in [-0.1, -0.05) is 24.3 Å². The van der Waals surface area contributed by atoms with E-state index in [1.54, 1.807) is 0 Å². The fourth-order valence-corrected chi connectivity index (χ4v) is 13.2. The molecule has 2 spiro atoms. The van der Waals surface area contributed by atoms with Gasteiger partial charge in [0.05, 0.1) is 11.2 Å². The Labute approximate surface area is 282 Å². The van der Waals surface area contributed by atoms with Gasteiger partial charge in [-0.15, -0.1) is 0 Å². The fourth-order valence-electron chi connectivity index (χ4n) is 13.2. The summed E-state index contributed by atoms with van der Waals surface area (Å²) in [5.41, 5.74) is 7.98. The van der Waals surface area contributed by atoms with Gasteiger partial charge in [-0.25, -0.2) is 18.3 Å². The first-order chi connectivity index (χ1) is 23.7. The van der Waals surface area contributed by atoms with Crippen LogP contribution in [-0.4, -0.2) is 11.2 Å². The van der Waals surface area contributed by atoms with E-state index in [2.05, 4.69) is 141 Å². The first kappa shape index (κ1) is 26.7. The van der Waals surface area contributed by atoms with Gasteiger partial charge >= 0.3 is 0 Å². The number of aryl methyl sites for hydroxylation is 2. The normalized spacial score (nSPS) is 37.1. The maximum atomic E-state index is 7.62. The summed E-state index contributed by atoms with van der Waals surface area (Å²) in [6.07, 6.45) is 21.9. The van der Waals surface area contributed by atoms with Crippen LogP contribution >= 0.6 is 0 Å². The SMILES string of the molecule is c1cc2ccc1C[n+]1ccc(cc1)-c1cc[n+](cc1)CC[C@]13O[C@]4(CC[n+]5ccc(cc5)-c5cc[n+](cc5)C2)[C@@H]2[C@@H]5C[C@H]([C@H]6[C@H]5[C@H]4[C@@H]61)[C@@H]23. The minimum Gasteiger partial charge on any atom is -0.367 e. The molecule has 0 unspecified atom stereocenters. The van der Waals surface area contributed by atoms with Crippen LogP contribution in [0.3, 0.4) is 0 Å². The van der Waals surface area contributed by atoms with Gasteiger partial charge < -0.3 is 4.74 Å². The Bertz CT molecular complexity index is 1920. The summed E-state index contributed by atoms with van der Waals surface area (Å²) >= 11 is 0. The van der Waals surface area contributed by atoms with Gasteiger partial charge in [0.2, 0.25) is 0 Å². The van der Waals surface area contributed by atoms with Crippen molar-refractivity contribution >= 4 is 0 Å². The highest BCUT2D eigenvalue weighted by Gasteiger charge is 2.96. The maximum absolute atomic E-state index is 7.62. The second kappa shape index (κ2) is 9.26. The molecule has 14 bridgehead atoms. The van der Waals surface area contributed by atoms with Gasteiger partial charge in [0.15, 0.2) is 75.8 Å². The molecule has 0 N–H and O–H groups in total. The summed E-state index contributed by atoms with van der Waals surface area (Å²) in [7, 11) is 0. The van der Waals surface area contributed by atoms with E-state index in [1.165, 1.54) is 52.6 Å². The van der Waals surface area contributed by atoms with Crippen LogP contribution in [0.4, 0.5) is 0 Å². The lowest BCUT2D eigenvalue weighted by atomic mass is 9.54. The van der Waals surface area contributed by atoms with Crippen LogP contribution in [0.15, 0.2) is 122 Å². The molecule has 5 aliphatic carbocycles. The molecule has 2 saturated heterocycles. The molecule has 20 heterocycles. The highest BCUT2D eigenvalue weighted by atomic mass is 16.5. The molecule has 5 nitrogen and oxygen atoms in total. The third kappa shape index (κ3) is 3.36. The zero-order valence-electron chi connectivity index (χ0n) is 27.3. The van der Waals surface area contributed by atoms with Gasteiger partial charge in [0, 0.05) is 72.5 Å². The molecule has 236 valence electrons. The van der Waals surface area contributed by atoms with Crippen molar-refractivity contribution in [3.63, 3.8) is 0 Å². The first-order valence-electron chi connectivity index (χ1n) is 18.4. The molecule has 5 saturated carbocycles. The lowest BCUT2D eigenvalue weighted by Gasteiger charge is -2.47. The second-order valence-electron chi connectivity index (χ2n) is 16.3. The summed E-state index contributed by atoms with van der Waals surface area (Å²) in [5.74, 6) is 7.13. The van der Waals surface area contributed by atoms with Gasteiger partial charge in [-0.2, -0.15) is 0 Å². The minimum absolute atomic E-state index is 0.130. The Kier molecular flexibility index (Phi) is 5.15. The molecule has 7 fully saturated rings. The lowest BCUT2D eigenvalue weighted by molar-refractivity contribution is -0.700. The average molecular weight is 631 g/mol. The van der Waals surface area contributed by atoms with Gasteiger partial charge in [-0.3, -0.25) is 0 Å². The molecule has 16 aliphatic heterocycles. The number of hydrogen-bond acceptors (Lipinski definition) is 1. The Morgan fingerprint density at radius 2 is 0.792 bits per heavy atom. The van der Waals surface area contributed by atoms with Crippen molar-refractivity contribution in [3.05, 3.63) is 133 Å². The average Bonchev–Trinajstić information content (AvgIpc) is 3.82. The molecule has 26 rings (SSSR count). The van der Waals surface area contributed by atoms with Crippen molar-refractivity contribution in [2.24, 2.45) is 47.3 Å². The Balaban J connectivity index is 0.883. The summed E-state index contributed by atoms with van der Waals surface area (Å²) in [6.45, 7) is 3.85. The summed E-state index contributed by atoms with van der Waals surface area (Å²) in [4.78, 5) is 0. The maximum Gasteiger partial charge on any atom is 0.173 e. The van der Waals surface area contributed by atoms with Crippen LogP contribution in [0.5, 0.6) is 0 Å². The largest absolute Gasteiger partial charge is 0.367 e. The van der Waals surface area contributed by atoms with E-state index < -0.39 is 0 Å². The summed E-state index contributed by atoms with van der Waals surface area (Å²) < 4.78 is 17.0. The molecule has 0 radical (unpaired) electrons. The van der Waals surface area contributed by atoms with Crippen LogP contribution in [0, 0.1) is 47.3 Å². The van der Waals surface area contributed by atoms with E-state index in [-0.39, 0.29) is 11.2 Å². The predicted molar refractivity (Wildman–Crippen MR) is 177 cm³/mol. The highest BCUT2D eigenvalue weighted by molar-refractivity contribution is 5.61. The molecule has 5 heteroatoms. The quantitative estimate of drug-likeness (QED) is 0.222. The zero-order chi connectivity index (χ0) is 31.2. The standard InChI is InChI=1S/C43H42N4O/c1-2-29-4-3-28(1)26-46-19-9-32(10-20-46)30-5-15-44(16-6-30)23-13-42-38-34-25-35-37-36(34)40(42)41(37)43(48-42,39(35)38)14-24-45-17-7-31(8-18-45)33-11-21-47(27-29)22-12-33/h1-12,15-22,34-41H,13-14,23-27H2/q+4/t34-,35-,36+,37+,38-,39+,40+,41-,42-,43-/m1/s1. The van der Waals surface area contributed by atoms with Crippen molar-refractivity contribution in [2.45, 2.75) is 56.6 Å². The van der Waals surface area contributed by atoms with Crippen LogP contribution in [0.25, 0.3) is 22.3 Å². The first-order valence-corrected chi connectivity index (χ1v) is 18.4. The van der Waals surface area contributed by atoms with E-state index in [0.717, 1.165) is 73.5 Å². The summed E-state index contributed by atoms with van der Waals surface area (Å²) in [6, 6.07) is 27.3. The number of rotatable bonds is 0. The molecule has 21 aliphatic rings. The van der Waals surface area contributed by atoms with Crippen molar-refractivity contribution in [3.8, 4) is 22.3 Å². The third-order valence-corrected chi connectivity index (χ3v) is 14.6. The number of ether oxygens (including phenoxy) is 1. The number of aromatic nitrogens is 4. The Morgan fingerprint density at radius 1 is 0.438 bits per heavy atom. The number of benzene rings is 1. The zero-order valence-corrected chi connectivity index (χ0v) is 27.3. The van der Waals surface area contributed by atoms with E-state index in [0.29, 0.717) is 0 Å². The van der Waals surface area contributed by atoms with Gasteiger partial charge in [0.1, 0.15) is 0 Å². The Morgan fingerprint density at radius 3 is 1.17 bits per heavy atom. The monoisotopic (exact) mass is 630 g/mol.